The molecule has 0 aliphatic rings. The first kappa shape index (κ1) is 14.5. The van der Waals surface area contributed by atoms with Gasteiger partial charge in [0.1, 0.15) is 5.70 Å². The third-order valence-corrected chi connectivity index (χ3v) is 3.00. The molecule has 106 valence electrons. The average molecular weight is 281 g/mol. The molecule has 0 saturated heterocycles. The predicted molar refractivity (Wildman–Crippen MR) is 80.7 cm³/mol. The Kier molecular flexibility index (Phi) is 4.51. The second kappa shape index (κ2) is 6.52. The van der Waals surface area contributed by atoms with E-state index in [0.717, 1.165) is 11.1 Å². The number of aliphatic carboxylic acids is 1. The van der Waals surface area contributed by atoms with Crippen molar-refractivity contribution in [3.8, 4) is 0 Å². The highest BCUT2D eigenvalue weighted by atomic mass is 16.4. The second-order valence-corrected chi connectivity index (χ2v) is 4.54. The van der Waals surface area contributed by atoms with Crippen molar-refractivity contribution in [1.82, 2.24) is 5.32 Å². The molecule has 2 aromatic rings. The third kappa shape index (κ3) is 3.79. The monoisotopic (exact) mass is 281 g/mol. The van der Waals surface area contributed by atoms with E-state index >= 15 is 0 Å². The van der Waals surface area contributed by atoms with Crippen molar-refractivity contribution in [2.45, 2.75) is 6.92 Å². The summed E-state index contributed by atoms with van der Waals surface area (Å²) >= 11 is 0. The van der Waals surface area contributed by atoms with Crippen molar-refractivity contribution < 1.29 is 14.7 Å². The van der Waals surface area contributed by atoms with Gasteiger partial charge in [-0.05, 0) is 36.3 Å². The fourth-order valence-electron chi connectivity index (χ4n) is 1.84. The van der Waals surface area contributed by atoms with E-state index in [9.17, 15) is 14.7 Å². The molecule has 0 bridgehead atoms. The molecule has 0 fully saturated rings. The molecule has 0 heterocycles. The number of hydrogen-bond acceptors (Lipinski definition) is 2. The first-order chi connectivity index (χ1) is 10.1. The molecule has 4 heteroatoms. The van der Waals surface area contributed by atoms with E-state index < -0.39 is 11.9 Å². The van der Waals surface area contributed by atoms with Crippen LogP contribution in [-0.4, -0.2) is 17.0 Å². The molecular formula is C17H15NO3. The summed E-state index contributed by atoms with van der Waals surface area (Å²) in [5.41, 5.74) is 1.95. The van der Waals surface area contributed by atoms with Gasteiger partial charge < -0.3 is 10.4 Å². The number of nitrogens with one attached hydrogen (secondary N) is 1. The lowest BCUT2D eigenvalue weighted by atomic mass is 10.1. The van der Waals surface area contributed by atoms with Crippen molar-refractivity contribution in [1.29, 1.82) is 0 Å². The molecule has 0 spiro atoms. The van der Waals surface area contributed by atoms with Crippen LogP contribution in [0, 0.1) is 6.92 Å². The van der Waals surface area contributed by atoms with Crippen molar-refractivity contribution >= 4 is 18.0 Å². The summed E-state index contributed by atoms with van der Waals surface area (Å²) < 4.78 is 0. The highest BCUT2D eigenvalue weighted by Crippen LogP contribution is 2.11. The van der Waals surface area contributed by atoms with Gasteiger partial charge in [-0.2, -0.15) is 0 Å². The van der Waals surface area contributed by atoms with Crippen LogP contribution >= 0.6 is 0 Å². The quantitative estimate of drug-likeness (QED) is 0.847. The molecule has 2 aromatic carbocycles. The fraction of sp³-hybridized carbons (Fsp3) is 0.0588. The van der Waals surface area contributed by atoms with Gasteiger partial charge in [-0.3, -0.25) is 4.79 Å². The minimum absolute atomic E-state index is 0.154. The van der Waals surface area contributed by atoms with Crippen LogP contribution in [0.4, 0.5) is 0 Å². The largest absolute Gasteiger partial charge is 0.477 e. The summed E-state index contributed by atoms with van der Waals surface area (Å²) in [4.78, 5) is 23.3. The second-order valence-electron chi connectivity index (χ2n) is 4.54. The Labute approximate surface area is 122 Å². The Hall–Kier alpha value is -2.88. The zero-order valence-corrected chi connectivity index (χ0v) is 11.5. The van der Waals surface area contributed by atoms with E-state index in [1.165, 1.54) is 6.08 Å². The Morgan fingerprint density at radius 3 is 2.24 bits per heavy atom. The van der Waals surface area contributed by atoms with Crippen LogP contribution in [0.25, 0.3) is 6.08 Å². The summed E-state index contributed by atoms with van der Waals surface area (Å²) in [6.07, 6.45) is 1.46. The van der Waals surface area contributed by atoms with Gasteiger partial charge >= 0.3 is 5.97 Å². The topological polar surface area (TPSA) is 66.4 Å². The van der Waals surface area contributed by atoms with Crippen LogP contribution in [-0.2, 0) is 4.79 Å². The standard InChI is InChI=1S/C17H15NO3/c1-12-7-5-6-10-14(12)11-15(17(20)21)18-16(19)13-8-3-2-4-9-13/h2-11H,1H3,(H,18,19)(H,20,21)/b15-11+. The summed E-state index contributed by atoms with van der Waals surface area (Å²) in [5, 5.41) is 11.7. The number of carboxylic acid groups (broad SMARTS) is 1. The van der Waals surface area contributed by atoms with E-state index in [2.05, 4.69) is 5.32 Å². The minimum Gasteiger partial charge on any atom is -0.477 e. The molecule has 21 heavy (non-hydrogen) atoms. The van der Waals surface area contributed by atoms with E-state index in [0.29, 0.717) is 5.56 Å². The first-order valence-electron chi connectivity index (χ1n) is 6.45. The Morgan fingerprint density at radius 2 is 1.62 bits per heavy atom. The molecule has 0 saturated carbocycles. The van der Waals surface area contributed by atoms with Gasteiger partial charge in [0.05, 0.1) is 0 Å². The van der Waals surface area contributed by atoms with Crippen molar-refractivity contribution in [3.63, 3.8) is 0 Å². The maximum absolute atomic E-state index is 12.0. The predicted octanol–water partition coefficient (Wildman–Crippen LogP) is 2.85. The van der Waals surface area contributed by atoms with Crippen molar-refractivity contribution in [2.75, 3.05) is 0 Å². The van der Waals surface area contributed by atoms with Crippen LogP contribution in [0.3, 0.4) is 0 Å². The molecular weight excluding hydrogens is 266 g/mol. The van der Waals surface area contributed by atoms with Gasteiger partial charge in [0.15, 0.2) is 0 Å². The zero-order chi connectivity index (χ0) is 15.2. The molecule has 0 unspecified atom stereocenters. The zero-order valence-electron chi connectivity index (χ0n) is 11.5. The van der Waals surface area contributed by atoms with Gasteiger partial charge in [0.25, 0.3) is 5.91 Å². The van der Waals surface area contributed by atoms with Gasteiger partial charge in [0, 0.05) is 5.56 Å². The number of aryl methyl sites for hydroxylation is 1. The third-order valence-electron chi connectivity index (χ3n) is 3.00. The number of amides is 1. The number of benzene rings is 2. The van der Waals surface area contributed by atoms with E-state index in [4.69, 9.17) is 0 Å². The maximum Gasteiger partial charge on any atom is 0.352 e. The van der Waals surface area contributed by atoms with E-state index in [1.807, 2.05) is 25.1 Å². The van der Waals surface area contributed by atoms with Crippen LogP contribution in [0.2, 0.25) is 0 Å². The van der Waals surface area contributed by atoms with Gasteiger partial charge in [-0.1, -0.05) is 42.5 Å². The Bertz CT molecular complexity index is 690. The lowest BCUT2D eigenvalue weighted by Crippen LogP contribution is -2.27. The SMILES string of the molecule is Cc1ccccc1/C=C(/NC(=O)c1ccccc1)C(=O)O. The number of carboxylic acids is 1. The smallest absolute Gasteiger partial charge is 0.352 e. The summed E-state index contributed by atoms with van der Waals surface area (Å²) in [6.45, 7) is 1.88. The molecule has 2 N–H and O–H groups in total. The molecule has 0 atom stereocenters. The molecule has 0 radical (unpaired) electrons. The Balaban J connectivity index is 2.27. The highest BCUT2D eigenvalue weighted by molar-refractivity contribution is 6.02. The highest BCUT2D eigenvalue weighted by Gasteiger charge is 2.13. The van der Waals surface area contributed by atoms with Crippen LogP contribution < -0.4 is 5.32 Å². The molecule has 2 rings (SSSR count). The molecule has 1 amide bonds. The van der Waals surface area contributed by atoms with Gasteiger partial charge in [-0.25, -0.2) is 4.79 Å². The summed E-state index contributed by atoms with van der Waals surface area (Å²) in [5.74, 6) is -1.62. The number of carbonyl (C=O) groups excluding carboxylic acids is 1. The molecule has 4 nitrogen and oxygen atoms in total. The maximum atomic E-state index is 12.0. The summed E-state index contributed by atoms with van der Waals surface area (Å²) in [7, 11) is 0. The number of rotatable bonds is 4. The van der Waals surface area contributed by atoms with Gasteiger partial charge in [-0.15, -0.1) is 0 Å². The van der Waals surface area contributed by atoms with Crippen molar-refractivity contribution in [2.24, 2.45) is 0 Å². The minimum atomic E-state index is -1.18. The average Bonchev–Trinajstić information content (AvgIpc) is 2.49. The normalized spacial score (nSPS) is 11.0. The fourth-order valence-corrected chi connectivity index (χ4v) is 1.84. The van der Waals surface area contributed by atoms with E-state index in [-0.39, 0.29) is 5.70 Å². The number of carbonyl (C=O) groups is 2. The molecule has 0 aliphatic carbocycles. The van der Waals surface area contributed by atoms with Crippen LogP contribution in [0.15, 0.2) is 60.3 Å². The van der Waals surface area contributed by atoms with Crippen LogP contribution in [0.5, 0.6) is 0 Å². The first-order valence-corrected chi connectivity index (χ1v) is 6.45. The molecule has 0 aromatic heterocycles. The summed E-state index contributed by atoms with van der Waals surface area (Å²) in [6, 6.07) is 15.9. The van der Waals surface area contributed by atoms with E-state index in [1.54, 1.807) is 36.4 Å². The van der Waals surface area contributed by atoms with Crippen LogP contribution in [0.1, 0.15) is 21.5 Å². The van der Waals surface area contributed by atoms with Crippen molar-refractivity contribution in [3.05, 3.63) is 77.0 Å². The molecule has 0 aliphatic heterocycles. The lowest BCUT2D eigenvalue weighted by molar-refractivity contribution is -0.132. The lowest BCUT2D eigenvalue weighted by Gasteiger charge is -2.07. The van der Waals surface area contributed by atoms with Gasteiger partial charge in [0.2, 0.25) is 0 Å². The Morgan fingerprint density at radius 1 is 1.00 bits per heavy atom. The number of hydrogen-bond donors (Lipinski definition) is 2.